The summed E-state index contributed by atoms with van der Waals surface area (Å²) in [5.74, 6) is -0.156. The van der Waals surface area contributed by atoms with Crippen molar-refractivity contribution in [2.45, 2.75) is 6.42 Å². The molecule has 0 aliphatic carbocycles. The highest BCUT2D eigenvalue weighted by Gasteiger charge is 2.14. The molecule has 0 aliphatic rings. The van der Waals surface area contributed by atoms with Gasteiger partial charge in [0, 0.05) is 10.0 Å². The third-order valence-corrected chi connectivity index (χ3v) is 4.16. The number of rotatable bonds is 4. The SMILES string of the molecule is COc1ccc2cc(Br)ccc2c1CC(=O)NNC(=O)c1ccco1. The molecule has 3 aromatic rings. The lowest BCUT2D eigenvalue weighted by Crippen LogP contribution is -2.42. The van der Waals surface area contributed by atoms with Gasteiger partial charge in [0.25, 0.3) is 0 Å². The average molecular weight is 403 g/mol. The zero-order chi connectivity index (χ0) is 17.8. The number of hydrogen-bond acceptors (Lipinski definition) is 4. The van der Waals surface area contributed by atoms with Gasteiger partial charge in [0.15, 0.2) is 5.76 Å². The van der Waals surface area contributed by atoms with Crippen LogP contribution in [0, 0.1) is 0 Å². The van der Waals surface area contributed by atoms with Gasteiger partial charge < -0.3 is 9.15 Å². The van der Waals surface area contributed by atoms with E-state index in [2.05, 4.69) is 26.8 Å². The van der Waals surface area contributed by atoms with Crippen LogP contribution in [-0.4, -0.2) is 18.9 Å². The van der Waals surface area contributed by atoms with Crippen LogP contribution in [0.2, 0.25) is 0 Å². The molecule has 0 unspecified atom stereocenters. The first-order chi connectivity index (χ1) is 12.1. The minimum Gasteiger partial charge on any atom is -0.496 e. The Bertz CT molecular complexity index is 922. The first-order valence-electron chi connectivity index (χ1n) is 7.46. The van der Waals surface area contributed by atoms with Crippen molar-refractivity contribution in [3.05, 3.63) is 64.5 Å². The maximum atomic E-state index is 12.2. The number of ether oxygens (including phenoxy) is 1. The Morgan fingerprint density at radius 1 is 1.16 bits per heavy atom. The maximum Gasteiger partial charge on any atom is 0.305 e. The van der Waals surface area contributed by atoms with Crippen LogP contribution in [0.5, 0.6) is 5.75 Å². The average Bonchev–Trinajstić information content (AvgIpc) is 3.14. The van der Waals surface area contributed by atoms with Gasteiger partial charge >= 0.3 is 5.91 Å². The topological polar surface area (TPSA) is 80.6 Å². The molecule has 2 amide bonds. The van der Waals surface area contributed by atoms with E-state index in [-0.39, 0.29) is 18.1 Å². The molecule has 25 heavy (non-hydrogen) atoms. The third-order valence-electron chi connectivity index (χ3n) is 3.67. The van der Waals surface area contributed by atoms with Gasteiger partial charge in [0.05, 0.1) is 19.8 Å². The molecule has 0 spiro atoms. The first-order valence-corrected chi connectivity index (χ1v) is 8.25. The first kappa shape index (κ1) is 17.0. The van der Waals surface area contributed by atoms with E-state index in [4.69, 9.17) is 9.15 Å². The van der Waals surface area contributed by atoms with Crippen molar-refractivity contribution >= 4 is 38.5 Å². The van der Waals surface area contributed by atoms with Crippen molar-refractivity contribution in [1.29, 1.82) is 0 Å². The number of hydrazine groups is 1. The molecule has 0 saturated carbocycles. The fraction of sp³-hybridized carbons (Fsp3) is 0.111. The second kappa shape index (κ2) is 7.40. The Kier molecular flexibility index (Phi) is 5.04. The van der Waals surface area contributed by atoms with Crippen LogP contribution >= 0.6 is 15.9 Å². The number of hydrogen-bond donors (Lipinski definition) is 2. The molecule has 1 heterocycles. The third kappa shape index (κ3) is 3.83. The highest BCUT2D eigenvalue weighted by molar-refractivity contribution is 9.10. The van der Waals surface area contributed by atoms with Gasteiger partial charge in [-0.15, -0.1) is 0 Å². The quantitative estimate of drug-likeness (QED) is 0.656. The summed E-state index contributed by atoms with van der Waals surface area (Å²) in [5.41, 5.74) is 5.45. The van der Waals surface area contributed by atoms with Gasteiger partial charge in [-0.05, 0) is 41.1 Å². The molecule has 128 valence electrons. The summed E-state index contributed by atoms with van der Waals surface area (Å²) in [7, 11) is 1.56. The summed E-state index contributed by atoms with van der Waals surface area (Å²) >= 11 is 3.44. The Morgan fingerprint density at radius 3 is 2.72 bits per heavy atom. The number of furan rings is 1. The minimum atomic E-state index is -0.521. The molecule has 2 aromatic carbocycles. The zero-order valence-electron chi connectivity index (χ0n) is 13.3. The predicted molar refractivity (Wildman–Crippen MR) is 96.2 cm³/mol. The van der Waals surface area contributed by atoms with Crippen molar-refractivity contribution in [2.75, 3.05) is 7.11 Å². The number of benzene rings is 2. The fourth-order valence-electron chi connectivity index (χ4n) is 2.52. The van der Waals surface area contributed by atoms with E-state index in [0.29, 0.717) is 5.75 Å². The lowest BCUT2D eigenvalue weighted by Gasteiger charge is -2.13. The molecular formula is C18H15BrN2O4. The number of amides is 2. The molecule has 0 fully saturated rings. The van der Waals surface area contributed by atoms with E-state index in [1.807, 2.05) is 30.3 Å². The fourth-order valence-corrected chi connectivity index (χ4v) is 2.90. The second-order valence-electron chi connectivity index (χ2n) is 5.27. The molecule has 0 saturated heterocycles. The lowest BCUT2D eigenvalue weighted by molar-refractivity contribution is -0.121. The second-order valence-corrected chi connectivity index (χ2v) is 6.18. The van der Waals surface area contributed by atoms with Crippen molar-refractivity contribution < 1.29 is 18.7 Å². The zero-order valence-corrected chi connectivity index (χ0v) is 14.9. The number of fused-ring (bicyclic) bond motifs is 1. The number of carbonyl (C=O) groups excluding carboxylic acids is 2. The van der Waals surface area contributed by atoms with Gasteiger partial charge in [-0.1, -0.05) is 28.1 Å². The summed E-state index contributed by atoms with van der Waals surface area (Å²) in [6.07, 6.45) is 1.44. The molecule has 6 nitrogen and oxygen atoms in total. The number of halogens is 1. The Hall–Kier alpha value is -2.80. The van der Waals surface area contributed by atoms with Crippen molar-refractivity contribution in [3.63, 3.8) is 0 Å². The molecule has 3 rings (SSSR count). The largest absolute Gasteiger partial charge is 0.496 e. The molecule has 2 N–H and O–H groups in total. The molecular weight excluding hydrogens is 388 g/mol. The Morgan fingerprint density at radius 2 is 2.00 bits per heavy atom. The van der Waals surface area contributed by atoms with E-state index in [1.165, 1.54) is 12.3 Å². The Balaban J connectivity index is 1.77. The molecule has 1 aromatic heterocycles. The molecule has 0 radical (unpaired) electrons. The van der Waals surface area contributed by atoms with E-state index in [9.17, 15) is 9.59 Å². The molecule has 0 atom stereocenters. The summed E-state index contributed by atoms with van der Waals surface area (Å²) in [6, 6.07) is 12.6. The van der Waals surface area contributed by atoms with Crippen molar-refractivity contribution in [2.24, 2.45) is 0 Å². The highest BCUT2D eigenvalue weighted by atomic mass is 79.9. The van der Waals surface area contributed by atoms with E-state index >= 15 is 0 Å². The highest BCUT2D eigenvalue weighted by Crippen LogP contribution is 2.30. The Labute approximate surface area is 152 Å². The molecule has 7 heteroatoms. The monoisotopic (exact) mass is 402 g/mol. The smallest absolute Gasteiger partial charge is 0.305 e. The van der Waals surface area contributed by atoms with Crippen molar-refractivity contribution in [1.82, 2.24) is 10.9 Å². The molecule has 0 aliphatic heterocycles. The van der Waals surface area contributed by atoms with Gasteiger partial charge in [-0.3, -0.25) is 20.4 Å². The molecule has 0 bridgehead atoms. The summed E-state index contributed by atoms with van der Waals surface area (Å²) in [4.78, 5) is 24.0. The summed E-state index contributed by atoms with van der Waals surface area (Å²) < 4.78 is 11.3. The van der Waals surface area contributed by atoms with E-state index < -0.39 is 5.91 Å². The van der Waals surface area contributed by atoms with Crippen LogP contribution in [0.25, 0.3) is 10.8 Å². The number of nitrogens with one attached hydrogen (secondary N) is 2. The summed E-state index contributed by atoms with van der Waals surface area (Å²) in [6.45, 7) is 0. The van der Waals surface area contributed by atoms with Crippen LogP contribution in [-0.2, 0) is 11.2 Å². The van der Waals surface area contributed by atoms with E-state index in [1.54, 1.807) is 13.2 Å². The van der Waals surface area contributed by atoms with E-state index in [0.717, 1.165) is 20.8 Å². The van der Waals surface area contributed by atoms with Crippen LogP contribution in [0.4, 0.5) is 0 Å². The van der Waals surface area contributed by atoms with Gasteiger partial charge in [0.1, 0.15) is 5.75 Å². The maximum absolute atomic E-state index is 12.2. The standard InChI is InChI=1S/C18H15BrN2O4/c1-24-15-7-4-11-9-12(19)5-6-13(11)14(15)10-17(22)20-21-18(23)16-3-2-8-25-16/h2-9H,10H2,1H3,(H,20,22)(H,21,23). The predicted octanol–water partition coefficient (Wildman–Crippen LogP) is 3.21. The van der Waals surface area contributed by atoms with Gasteiger partial charge in [-0.25, -0.2) is 0 Å². The summed E-state index contributed by atoms with van der Waals surface area (Å²) in [5, 5.41) is 1.90. The van der Waals surface area contributed by atoms with Crippen LogP contribution < -0.4 is 15.6 Å². The van der Waals surface area contributed by atoms with Crippen LogP contribution in [0.1, 0.15) is 16.1 Å². The normalized spacial score (nSPS) is 10.5. The minimum absolute atomic E-state index is 0.0561. The lowest BCUT2D eigenvalue weighted by atomic mass is 10.0. The van der Waals surface area contributed by atoms with Gasteiger partial charge in [0.2, 0.25) is 5.91 Å². The van der Waals surface area contributed by atoms with Gasteiger partial charge in [-0.2, -0.15) is 0 Å². The van der Waals surface area contributed by atoms with Crippen LogP contribution in [0.3, 0.4) is 0 Å². The van der Waals surface area contributed by atoms with Crippen molar-refractivity contribution in [3.8, 4) is 5.75 Å². The van der Waals surface area contributed by atoms with Crippen LogP contribution in [0.15, 0.2) is 57.6 Å². The number of methoxy groups -OCH3 is 1. The number of carbonyl (C=O) groups is 2.